The highest BCUT2D eigenvalue weighted by Crippen LogP contribution is 2.51. The van der Waals surface area contributed by atoms with Gasteiger partial charge in [-0.1, -0.05) is 0 Å². The number of carbonyl (C=O) groups is 1. The molecule has 5 nitrogen and oxygen atoms in total. The Morgan fingerprint density at radius 2 is 1.79 bits per heavy atom. The third kappa shape index (κ3) is 2.91. The van der Waals surface area contributed by atoms with E-state index in [0.717, 1.165) is 37.7 Å². The maximum absolute atomic E-state index is 13.4. The van der Waals surface area contributed by atoms with Crippen LogP contribution < -0.4 is 5.32 Å². The van der Waals surface area contributed by atoms with E-state index < -0.39 is 27.1 Å². The van der Waals surface area contributed by atoms with Crippen LogP contribution in [0.15, 0.2) is 23.1 Å². The lowest BCUT2D eigenvalue weighted by Gasteiger charge is -2.50. The maximum Gasteiger partial charge on any atom is 0.253 e. The first kappa shape index (κ1) is 16.9. The Bertz CT molecular complexity index is 817. The van der Waals surface area contributed by atoms with Gasteiger partial charge >= 0.3 is 0 Å². The molecule has 0 saturated heterocycles. The Hall–Kier alpha value is -1.94. The first-order valence-corrected chi connectivity index (χ1v) is 9.81. The summed E-state index contributed by atoms with van der Waals surface area (Å²) in [5, 5.41) is 12.3. The standard InChI is InChI=1S/C17H19FN2O3S/c1-24(22,23)14-10-12(18)2-3-13(14)15(21)20-17-7-4-16(11-19,5-8-17)6-9-17/h2-3,10H,4-9H2,1H3,(H,20,21). The Labute approximate surface area is 140 Å². The Morgan fingerprint density at radius 3 is 2.29 bits per heavy atom. The molecule has 0 aromatic heterocycles. The Kier molecular flexibility index (Phi) is 3.91. The number of carbonyl (C=O) groups excluding carboxylic acids is 1. The van der Waals surface area contributed by atoms with E-state index >= 15 is 0 Å². The number of nitrogens with zero attached hydrogens (tertiary/aromatic N) is 1. The quantitative estimate of drug-likeness (QED) is 0.908. The summed E-state index contributed by atoms with van der Waals surface area (Å²) in [5.74, 6) is -1.19. The van der Waals surface area contributed by atoms with Crippen LogP contribution in [0.1, 0.15) is 48.9 Å². The van der Waals surface area contributed by atoms with E-state index in [1.807, 2.05) is 0 Å². The summed E-state index contributed by atoms with van der Waals surface area (Å²) in [7, 11) is -3.72. The second-order valence-electron chi connectivity index (χ2n) is 7.04. The molecule has 1 N–H and O–H groups in total. The van der Waals surface area contributed by atoms with Crippen LogP contribution in [0.2, 0.25) is 0 Å². The first-order valence-electron chi connectivity index (χ1n) is 7.92. The van der Waals surface area contributed by atoms with Gasteiger partial charge < -0.3 is 5.32 Å². The molecule has 3 fully saturated rings. The molecule has 4 rings (SSSR count). The molecule has 0 aliphatic heterocycles. The van der Waals surface area contributed by atoms with Crippen LogP contribution >= 0.6 is 0 Å². The predicted octanol–water partition coefficient (Wildman–Crippen LogP) is 2.58. The number of benzene rings is 1. The first-order chi connectivity index (χ1) is 11.2. The van der Waals surface area contributed by atoms with Gasteiger partial charge in [0, 0.05) is 11.8 Å². The smallest absolute Gasteiger partial charge is 0.253 e. The van der Waals surface area contributed by atoms with Crippen molar-refractivity contribution in [3.05, 3.63) is 29.6 Å². The van der Waals surface area contributed by atoms with Crippen molar-refractivity contribution in [3.63, 3.8) is 0 Å². The number of nitriles is 1. The number of halogens is 1. The van der Waals surface area contributed by atoms with E-state index in [9.17, 15) is 22.9 Å². The van der Waals surface area contributed by atoms with Crippen LogP contribution in [-0.4, -0.2) is 26.1 Å². The number of rotatable bonds is 3. The number of sulfone groups is 1. The summed E-state index contributed by atoms with van der Waals surface area (Å²) in [4.78, 5) is 12.4. The fourth-order valence-electron chi connectivity index (χ4n) is 3.84. The van der Waals surface area contributed by atoms with Crippen LogP contribution in [0.3, 0.4) is 0 Å². The molecule has 0 radical (unpaired) electrons. The fourth-order valence-corrected chi connectivity index (χ4v) is 4.73. The van der Waals surface area contributed by atoms with Crippen LogP contribution in [0, 0.1) is 22.6 Å². The van der Waals surface area contributed by atoms with Crippen molar-refractivity contribution >= 4 is 15.7 Å². The minimum atomic E-state index is -3.72. The second kappa shape index (κ2) is 5.55. The van der Waals surface area contributed by atoms with Gasteiger partial charge in [0.05, 0.1) is 21.9 Å². The topological polar surface area (TPSA) is 87.0 Å². The van der Waals surface area contributed by atoms with Crippen molar-refractivity contribution in [1.29, 1.82) is 5.26 Å². The molecular formula is C17H19FN2O3S. The van der Waals surface area contributed by atoms with Crippen molar-refractivity contribution < 1.29 is 17.6 Å². The van der Waals surface area contributed by atoms with Crippen LogP contribution in [0.25, 0.3) is 0 Å². The number of fused-ring (bicyclic) bond motifs is 3. The average Bonchev–Trinajstić information content (AvgIpc) is 2.55. The molecule has 128 valence electrons. The van der Waals surface area contributed by atoms with E-state index in [1.165, 1.54) is 6.07 Å². The van der Waals surface area contributed by atoms with E-state index in [2.05, 4.69) is 11.4 Å². The summed E-state index contributed by atoms with van der Waals surface area (Å²) in [6.07, 6.45) is 5.31. The molecule has 1 amide bonds. The molecule has 0 heterocycles. The summed E-state index contributed by atoms with van der Waals surface area (Å²) < 4.78 is 37.1. The van der Waals surface area contributed by atoms with Gasteiger partial charge in [0.2, 0.25) is 0 Å². The van der Waals surface area contributed by atoms with Gasteiger partial charge in [0.1, 0.15) is 5.82 Å². The van der Waals surface area contributed by atoms with Gasteiger partial charge in [-0.25, -0.2) is 12.8 Å². The average molecular weight is 350 g/mol. The molecule has 3 saturated carbocycles. The molecule has 2 bridgehead atoms. The molecule has 1 aromatic carbocycles. The van der Waals surface area contributed by atoms with Gasteiger partial charge in [0.25, 0.3) is 5.91 Å². The lowest BCUT2D eigenvalue weighted by Crippen LogP contribution is -2.56. The number of amides is 1. The van der Waals surface area contributed by atoms with Crippen molar-refractivity contribution in [2.45, 2.75) is 49.0 Å². The molecule has 1 aromatic rings. The molecule has 3 aliphatic carbocycles. The fraction of sp³-hybridized carbons (Fsp3) is 0.529. The number of nitrogens with one attached hydrogen (secondary N) is 1. The molecular weight excluding hydrogens is 331 g/mol. The molecule has 3 aliphatic rings. The van der Waals surface area contributed by atoms with Crippen molar-refractivity contribution in [2.24, 2.45) is 5.41 Å². The van der Waals surface area contributed by atoms with Crippen LogP contribution in [0.4, 0.5) is 4.39 Å². The molecule has 0 unspecified atom stereocenters. The molecule has 0 atom stereocenters. The van der Waals surface area contributed by atoms with Crippen molar-refractivity contribution in [3.8, 4) is 6.07 Å². The van der Waals surface area contributed by atoms with Gasteiger partial charge in [0.15, 0.2) is 9.84 Å². The third-order valence-corrected chi connectivity index (χ3v) is 6.59. The minimum absolute atomic E-state index is 0.0315. The van der Waals surface area contributed by atoms with Gasteiger partial charge in [-0.05, 0) is 56.7 Å². The zero-order valence-electron chi connectivity index (χ0n) is 13.4. The van der Waals surface area contributed by atoms with Gasteiger partial charge in [-0.15, -0.1) is 0 Å². The summed E-state index contributed by atoms with van der Waals surface area (Å²) in [6, 6.07) is 5.59. The number of hydrogen-bond donors (Lipinski definition) is 1. The van der Waals surface area contributed by atoms with Gasteiger partial charge in [-0.2, -0.15) is 5.26 Å². The molecule has 24 heavy (non-hydrogen) atoms. The van der Waals surface area contributed by atoms with E-state index in [4.69, 9.17) is 0 Å². The van der Waals surface area contributed by atoms with Crippen LogP contribution in [-0.2, 0) is 9.84 Å². The Morgan fingerprint density at radius 1 is 1.21 bits per heavy atom. The summed E-state index contributed by atoms with van der Waals surface area (Å²) in [6.45, 7) is 0. The second-order valence-corrected chi connectivity index (χ2v) is 9.02. The zero-order chi connectivity index (χ0) is 17.6. The van der Waals surface area contributed by atoms with Crippen molar-refractivity contribution in [2.75, 3.05) is 6.26 Å². The predicted molar refractivity (Wildman–Crippen MR) is 85.5 cm³/mol. The minimum Gasteiger partial charge on any atom is -0.347 e. The SMILES string of the molecule is CS(=O)(=O)c1cc(F)ccc1C(=O)NC12CCC(C#N)(CC1)CC2. The van der Waals surface area contributed by atoms with E-state index in [0.29, 0.717) is 19.3 Å². The highest BCUT2D eigenvalue weighted by molar-refractivity contribution is 7.90. The maximum atomic E-state index is 13.4. The van der Waals surface area contributed by atoms with Gasteiger partial charge in [-0.3, -0.25) is 4.79 Å². The van der Waals surface area contributed by atoms with E-state index in [-0.39, 0.29) is 15.9 Å². The summed E-state index contributed by atoms with van der Waals surface area (Å²) >= 11 is 0. The zero-order valence-corrected chi connectivity index (χ0v) is 14.2. The highest BCUT2D eigenvalue weighted by atomic mass is 32.2. The summed E-state index contributed by atoms with van der Waals surface area (Å²) in [5.41, 5.74) is -0.685. The molecule has 0 spiro atoms. The normalized spacial score (nSPS) is 29.0. The lowest BCUT2D eigenvalue weighted by atomic mass is 9.58. The lowest BCUT2D eigenvalue weighted by molar-refractivity contribution is 0.0519. The molecule has 7 heteroatoms. The largest absolute Gasteiger partial charge is 0.347 e. The number of hydrogen-bond acceptors (Lipinski definition) is 4. The third-order valence-electron chi connectivity index (χ3n) is 5.45. The van der Waals surface area contributed by atoms with E-state index in [1.54, 1.807) is 0 Å². The Balaban J connectivity index is 1.86. The van der Waals surface area contributed by atoms with Crippen molar-refractivity contribution in [1.82, 2.24) is 5.32 Å². The highest BCUT2D eigenvalue weighted by Gasteiger charge is 2.49. The monoisotopic (exact) mass is 350 g/mol. The van der Waals surface area contributed by atoms with Crippen LogP contribution in [0.5, 0.6) is 0 Å².